The van der Waals surface area contributed by atoms with Crippen molar-refractivity contribution in [2.75, 3.05) is 0 Å². The molecule has 3 aromatic rings. The maximum Gasteiger partial charge on any atom is 0.419 e. The molecular weight excluding hydrogens is 324 g/mol. The molecule has 0 aliphatic carbocycles. The first-order valence-electron chi connectivity index (χ1n) is 9.28. The van der Waals surface area contributed by atoms with E-state index in [4.69, 9.17) is 4.42 Å². The Morgan fingerprint density at radius 1 is 1.08 bits per heavy atom. The molecule has 1 aromatic heterocycles. The zero-order valence-corrected chi connectivity index (χ0v) is 14.8. The minimum Gasteiger partial charge on any atom is -0.408 e. The van der Waals surface area contributed by atoms with E-state index in [-0.39, 0.29) is 5.76 Å². The monoisotopic (exact) mass is 346 g/mol. The topological polar surface area (TPSA) is 38.4 Å². The fourth-order valence-corrected chi connectivity index (χ4v) is 4.61. The summed E-state index contributed by atoms with van der Waals surface area (Å²) in [6, 6.07) is 17.9. The van der Waals surface area contributed by atoms with Gasteiger partial charge in [-0.3, -0.25) is 9.47 Å². The summed E-state index contributed by atoms with van der Waals surface area (Å²) in [7, 11) is 1.75. The molecule has 0 saturated carbocycles. The summed E-state index contributed by atoms with van der Waals surface area (Å²) in [5.74, 6) is 0.0374. The van der Waals surface area contributed by atoms with Gasteiger partial charge in [0.05, 0.1) is 5.52 Å². The third-order valence-corrected chi connectivity index (χ3v) is 5.97. The highest BCUT2D eigenvalue weighted by molar-refractivity contribution is 5.74. The molecule has 4 heteroatoms. The quantitative estimate of drug-likeness (QED) is 0.677. The second-order valence-electron chi connectivity index (χ2n) is 7.43. The Balaban J connectivity index is 1.49. The highest BCUT2D eigenvalue weighted by Crippen LogP contribution is 2.41. The van der Waals surface area contributed by atoms with E-state index in [1.165, 1.54) is 24.0 Å². The van der Waals surface area contributed by atoms with Crippen LogP contribution in [0.25, 0.3) is 11.1 Å². The van der Waals surface area contributed by atoms with Gasteiger partial charge in [0.15, 0.2) is 5.58 Å². The normalized spacial score (nSPS) is 25.2. The molecule has 0 N–H and O–H groups in total. The predicted molar refractivity (Wildman–Crippen MR) is 102 cm³/mol. The Bertz CT molecular complexity index is 1030. The van der Waals surface area contributed by atoms with Crippen LogP contribution in [-0.2, 0) is 13.6 Å². The van der Waals surface area contributed by atoms with E-state index in [0.29, 0.717) is 23.6 Å². The van der Waals surface area contributed by atoms with E-state index in [0.717, 1.165) is 12.1 Å². The van der Waals surface area contributed by atoms with Crippen LogP contribution >= 0.6 is 0 Å². The summed E-state index contributed by atoms with van der Waals surface area (Å²) in [6.07, 6.45) is 7.13. The third-order valence-electron chi connectivity index (χ3n) is 5.97. The van der Waals surface area contributed by atoms with Crippen LogP contribution in [0.2, 0.25) is 0 Å². The molecule has 1 saturated heterocycles. The maximum absolute atomic E-state index is 11.8. The highest BCUT2D eigenvalue weighted by atomic mass is 16.4. The number of fused-ring (bicyclic) bond motifs is 3. The van der Waals surface area contributed by atoms with Crippen LogP contribution in [0, 0.1) is 0 Å². The van der Waals surface area contributed by atoms with Crippen molar-refractivity contribution in [2.24, 2.45) is 7.05 Å². The van der Waals surface area contributed by atoms with Crippen molar-refractivity contribution in [1.82, 2.24) is 9.47 Å². The standard InChI is InChI=1S/C22H22N2O2/c1-23-20-11-7-16(13-21(20)26-22(23)25)18-10-8-17-9-12-19(18)24(17)14-15-5-3-2-4-6-15/h2-8,10-11,13,17-19H,9,12,14H2,1H3. The summed E-state index contributed by atoms with van der Waals surface area (Å²) < 4.78 is 6.96. The molecule has 132 valence electrons. The number of hydrogen-bond acceptors (Lipinski definition) is 3. The summed E-state index contributed by atoms with van der Waals surface area (Å²) >= 11 is 0. The smallest absolute Gasteiger partial charge is 0.408 e. The van der Waals surface area contributed by atoms with Crippen molar-refractivity contribution in [3.8, 4) is 0 Å². The number of hydrogen-bond donors (Lipinski definition) is 0. The van der Waals surface area contributed by atoms with Crippen LogP contribution < -0.4 is 5.76 Å². The number of aromatic nitrogens is 1. The van der Waals surface area contributed by atoms with Gasteiger partial charge in [0.25, 0.3) is 0 Å². The van der Waals surface area contributed by atoms with Crippen molar-refractivity contribution < 1.29 is 4.42 Å². The van der Waals surface area contributed by atoms with Gasteiger partial charge in [-0.2, -0.15) is 0 Å². The highest BCUT2D eigenvalue weighted by Gasteiger charge is 2.39. The fourth-order valence-electron chi connectivity index (χ4n) is 4.61. The molecule has 0 amide bonds. The molecule has 3 atom stereocenters. The number of aryl methyl sites for hydroxylation is 1. The van der Waals surface area contributed by atoms with Gasteiger partial charge >= 0.3 is 5.76 Å². The molecule has 3 unspecified atom stereocenters. The second kappa shape index (κ2) is 5.99. The fraction of sp³-hybridized carbons (Fsp3) is 0.318. The van der Waals surface area contributed by atoms with Gasteiger partial charge in [-0.1, -0.05) is 48.6 Å². The lowest BCUT2D eigenvalue weighted by Gasteiger charge is -2.36. The third kappa shape index (κ3) is 2.44. The molecule has 1 fully saturated rings. The van der Waals surface area contributed by atoms with Gasteiger partial charge in [0, 0.05) is 31.6 Å². The number of oxazole rings is 1. The average molecular weight is 346 g/mol. The first kappa shape index (κ1) is 15.6. The molecule has 3 heterocycles. The van der Waals surface area contributed by atoms with Crippen LogP contribution in [0.15, 0.2) is 69.9 Å². The van der Waals surface area contributed by atoms with Gasteiger partial charge < -0.3 is 4.42 Å². The number of benzene rings is 2. The maximum atomic E-state index is 11.8. The lowest BCUT2D eigenvalue weighted by atomic mass is 9.88. The molecule has 4 nitrogen and oxygen atoms in total. The van der Waals surface area contributed by atoms with Gasteiger partial charge in [0.2, 0.25) is 0 Å². The molecule has 0 radical (unpaired) electrons. The van der Waals surface area contributed by atoms with Crippen LogP contribution in [0.5, 0.6) is 0 Å². The van der Waals surface area contributed by atoms with Gasteiger partial charge in [0.1, 0.15) is 0 Å². The Hall–Kier alpha value is -2.59. The van der Waals surface area contributed by atoms with Crippen molar-refractivity contribution in [3.05, 3.63) is 82.4 Å². The Labute approximate surface area is 152 Å². The van der Waals surface area contributed by atoms with Crippen molar-refractivity contribution in [3.63, 3.8) is 0 Å². The van der Waals surface area contributed by atoms with Crippen LogP contribution in [-0.4, -0.2) is 21.6 Å². The van der Waals surface area contributed by atoms with Crippen LogP contribution in [0.1, 0.15) is 29.9 Å². The molecule has 26 heavy (non-hydrogen) atoms. The van der Waals surface area contributed by atoms with Gasteiger partial charge in [-0.25, -0.2) is 4.79 Å². The SMILES string of the molecule is Cn1c(=O)oc2cc(C3C=CC4CCC3N4Cc3ccccc3)ccc21. The number of nitrogens with zero attached hydrogens (tertiary/aromatic N) is 2. The zero-order chi connectivity index (χ0) is 17.7. The van der Waals surface area contributed by atoms with Crippen molar-refractivity contribution in [1.29, 1.82) is 0 Å². The largest absolute Gasteiger partial charge is 0.419 e. The van der Waals surface area contributed by atoms with E-state index in [1.807, 2.05) is 12.1 Å². The summed E-state index contributed by atoms with van der Waals surface area (Å²) in [5, 5.41) is 0. The van der Waals surface area contributed by atoms with E-state index < -0.39 is 0 Å². The molecule has 0 spiro atoms. The lowest BCUT2D eigenvalue weighted by molar-refractivity contribution is 0.185. The summed E-state index contributed by atoms with van der Waals surface area (Å²) in [4.78, 5) is 14.4. The molecule has 2 aromatic carbocycles. The van der Waals surface area contributed by atoms with Crippen molar-refractivity contribution in [2.45, 2.75) is 37.4 Å². The van der Waals surface area contributed by atoms with Crippen LogP contribution in [0.3, 0.4) is 0 Å². The van der Waals surface area contributed by atoms with Gasteiger partial charge in [-0.15, -0.1) is 0 Å². The minimum absolute atomic E-state index is 0.303. The Kier molecular flexibility index (Phi) is 3.61. The van der Waals surface area contributed by atoms with E-state index >= 15 is 0 Å². The molecule has 2 aliphatic rings. The number of rotatable bonds is 3. The molecule has 2 bridgehead atoms. The minimum atomic E-state index is -0.303. The first-order valence-corrected chi connectivity index (χ1v) is 9.28. The van der Waals surface area contributed by atoms with Gasteiger partial charge in [-0.05, 0) is 36.1 Å². The molecule has 2 aliphatic heterocycles. The van der Waals surface area contributed by atoms with E-state index in [2.05, 4.69) is 53.5 Å². The molecular formula is C22H22N2O2. The summed E-state index contributed by atoms with van der Waals surface area (Å²) in [6.45, 7) is 0.986. The van der Waals surface area contributed by atoms with Crippen LogP contribution in [0.4, 0.5) is 0 Å². The average Bonchev–Trinajstić information content (AvgIpc) is 3.08. The second-order valence-corrected chi connectivity index (χ2v) is 7.43. The summed E-state index contributed by atoms with van der Waals surface area (Å²) in [5.41, 5.74) is 4.12. The van der Waals surface area contributed by atoms with E-state index in [9.17, 15) is 4.79 Å². The lowest BCUT2D eigenvalue weighted by Crippen LogP contribution is -2.40. The Morgan fingerprint density at radius 3 is 2.77 bits per heavy atom. The zero-order valence-electron chi connectivity index (χ0n) is 14.8. The Morgan fingerprint density at radius 2 is 1.92 bits per heavy atom. The predicted octanol–water partition coefficient (Wildman–Crippen LogP) is 3.82. The van der Waals surface area contributed by atoms with Crippen molar-refractivity contribution >= 4 is 11.1 Å². The van der Waals surface area contributed by atoms with E-state index in [1.54, 1.807) is 11.6 Å². The first-order chi connectivity index (χ1) is 12.7. The molecule has 5 rings (SSSR count).